The van der Waals surface area contributed by atoms with Gasteiger partial charge in [-0.15, -0.1) is 0 Å². The number of aryl methyl sites for hydroxylation is 1. The lowest BCUT2D eigenvalue weighted by atomic mass is 10.0. The molecule has 2 nitrogen and oxygen atoms in total. The minimum absolute atomic E-state index is 0.676. The van der Waals surface area contributed by atoms with Gasteiger partial charge >= 0.3 is 0 Å². The van der Waals surface area contributed by atoms with Crippen LogP contribution in [0, 0.1) is 12.8 Å². The maximum absolute atomic E-state index is 3.52. The van der Waals surface area contributed by atoms with Gasteiger partial charge in [-0.25, -0.2) is 0 Å². The van der Waals surface area contributed by atoms with Crippen molar-refractivity contribution < 1.29 is 0 Å². The third-order valence-corrected chi connectivity index (χ3v) is 3.77. The van der Waals surface area contributed by atoms with Gasteiger partial charge in [-0.2, -0.15) is 0 Å². The van der Waals surface area contributed by atoms with Crippen molar-refractivity contribution in [2.45, 2.75) is 32.9 Å². The van der Waals surface area contributed by atoms with Gasteiger partial charge in [0.1, 0.15) is 0 Å². The van der Waals surface area contributed by atoms with Crippen LogP contribution in [0.3, 0.4) is 0 Å². The number of hydrogen-bond acceptors (Lipinski definition) is 2. The molecular formula is C15H24N2. The van der Waals surface area contributed by atoms with Crippen LogP contribution in [0.4, 0.5) is 0 Å². The molecule has 2 rings (SSSR count). The van der Waals surface area contributed by atoms with Crippen molar-refractivity contribution in [1.82, 2.24) is 10.2 Å². The summed E-state index contributed by atoms with van der Waals surface area (Å²) in [6, 6.07) is 9.49. The highest BCUT2D eigenvalue weighted by atomic mass is 15.1. The summed E-state index contributed by atoms with van der Waals surface area (Å²) in [7, 11) is 2.23. The molecule has 1 fully saturated rings. The zero-order valence-corrected chi connectivity index (χ0v) is 11.2. The highest BCUT2D eigenvalue weighted by Crippen LogP contribution is 2.17. The predicted molar refractivity (Wildman–Crippen MR) is 73.1 cm³/mol. The van der Waals surface area contributed by atoms with Crippen LogP contribution in [-0.2, 0) is 6.54 Å². The summed E-state index contributed by atoms with van der Waals surface area (Å²) in [6.07, 6.45) is 1.32. The highest BCUT2D eigenvalue weighted by Gasteiger charge is 2.23. The molecule has 1 aromatic carbocycles. The molecule has 2 unspecified atom stereocenters. The van der Waals surface area contributed by atoms with Crippen molar-refractivity contribution in [3.8, 4) is 0 Å². The predicted octanol–water partition coefficient (Wildman–Crippen LogP) is 2.42. The molecule has 17 heavy (non-hydrogen) atoms. The Morgan fingerprint density at radius 2 is 2.24 bits per heavy atom. The fourth-order valence-corrected chi connectivity index (χ4v) is 2.75. The normalized spacial score (nSPS) is 24.5. The smallest absolute Gasteiger partial charge is 0.0230 e. The van der Waals surface area contributed by atoms with Gasteiger partial charge in [0.05, 0.1) is 0 Å². The molecule has 1 saturated heterocycles. The molecule has 0 spiro atoms. The Hall–Kier alpha value is -0.860. The van der Waals surface area contributed by atoms with Crippen LogP contribution in [0.15, 0.2) is 24.3 Å². The first-order valence-corrected chi connectivity index (χ1v) is 6.62. The molecule has 2 heteroatoms. The molecule has 0 aliphatic carbocycles. The Labute approximate surface area is 105 Å². The van der Waals surface area contributed by atoms with Crippen LogP contribution >= 0.6 is 0 Å². The molecule has 1 aliphatic rings. The van der Waals surface area contributed by atoms with Crippen LogP contribution in [0.1, 0.15) is 24.5 Å². The molecule has 0 saturated carbocycles. The van der Waals surface area contributed by atoms with E-state index in [1.807, 2.05) is 0 Å². The Balaban J connectivity index is 1.86. The zero-order chi connectivity index (χ0) is 12.3. The molecule has 1 aromatic rings. The largest absolute Gasteiger partial charge is 0.314 e. The lowest BCUT2D eigenvalue weighted by Gasteiger charge is -2.23. The van der Waals surface area contributed by atoms with Gasteiger partial charge in [0.2, 0.25) is 0 Å². The molecule has 94 valence electrons. The van der Waals surface area contributed by atoms with Gasteiger partial charge in [-0.3, -0.25) is 0 Å². The molecule has 0 bridgehead atoms. The van der Waals surface area contributed by atoms with E-state index in [0.717, 1.165) is 12.5 Å². The lowest BCUT2D eigenvalue weighted by molar-refractivity contribution is 0.259. The first-order chi connectivity index (χ1) is 8.15. The first-order valence-electron chi connectivity index (χ1n) is 6.62. The fraction of sp³-hybridized carbons (Fsp3) is 0.600. The number of nitrogens with zero attached hydrogens (tertiary/aromatic N) is 1. The van der Waals surface area contributed by atoms with Crippen LogP contribution in [0.25, 0.3) is 0 Å². The van der Waals surface area contributed by atoms with Crippen LogP contribution in [0.5, 0.6) is 0 Å². The molecule has 1 heterocycles. The van der Waals surface area contributed by atoms with Gasteiger partial charge in [0, 0.05) is 19.1 Å². The zero-order valence-electron chi connectivity index (χ0n) is 11.2. The van der Waals surface area contributed by atoms with Crippen LogP contribution < -0.4 is 5.32 Å². The topological polar surface area (TPSA) is 15.3 Å². The summed E-state index contributed by atoms with van der Waals surface area (Å²) >= 11 is 0. The average Bonchev–Trinajstić information content (AvgIpc) is 2.64. The molecule has 0 amide bonds. The van der Waals surface area contributed by atoms with E-state index in [1.165, 1.54) is 30.6 Å². The Kier molecular flexibility index (Phi) is 4.19. The van der Waals surface area contributed by atoms with E-state index < -0.39 is 0 Å². The number of benzene rings is 1. The van der Waals surface area contributed by atoms with Crippen molar-refractivity contribution in [3.63, 3.8) is 0 Å². The standard InChI is InChI=1S/C15H24N2/c1-12-5-4-6-14(9-12)10-17(3)11-15-7-8-16-13(15)2/h4-6,9,13,15-16H,7-8,10-11H2,1-3H3. The third-order valence-electron chi connectivity index (χ3n) is 3.77. The van der Waals surface area contributed by atoms with Crippen molar-refractivity contribution in [3.05, 3.63) is 35.4 Å². The van der Waals surface area contributed by atoms with Crippen molar-refractivity contribution in [2.75, 3.05) is 20.1 Å². The van der Waals surface area contributed by atoms with Crippen molar-refractivity contribution >= 4 is 0 Å². The van der Waals surface area contributed by atoms with Crippen LogP contribution in [-0.4, -0.2) is 31.1 Å². The third kappa shape index (κ3) is 3.55. The van der Waals surface area contributed by atoms with Crippen molar-refractivity contribution in [1.29, 1.82) is 0 Å². The van der Waals surface area contributed by atoms with Gasteiger partial charge in [-0.05, 0) is 45.3 Å². The summed E-state index contributed by atoms with van der Waals surface area (Å²) in [5, 5.41) is 3.52. The molecule has 0 aromatic heterocycles. The SMILES string of the molecule is Cc1cccc(CN(C)CC2CCNC2C)c1. The molecule has 0 radical (unpaired) electrons. The minimum Gasteiger partial charge on any atom is -0.314 e. The first kappa shape index (κ1) is 12.6. The second-order valence-corrected chi connectivity index (χ2v) is 5.48. The van der Waals surface area contributed by atoms with Gasteiger partial charge in [-0.1, -0.05) is 29.8 Å². The summed E-state index contributed by atoms with van der Waals surface area (Å²) < 4.78 is 0. The Morgan fingerprint density at radius 1 is 1.41 bits per heavy atom. The van der Waals surface area contributed by atoms with Crippen LogP contribution in [0.2, 0.25) is 0 Å². The molecule has 2 atom stereocenters. The lowest BCUT2D eigenvalue weighted by Crippen LogP contribution is -2.32. The maximum Gasteiger partial charge on any atom is 0.0230 e. The van der Waals surface area contributed by atoms with E-state index in [9.17, 15) is 0 Å². The van der Waals surface area contributed by atoms with E-state index >= 15 is 0 Å². The summed E-state index contributed by atoms with van der Waals surface area (Å²) in [5.74, 6) is 0.810. The van der Waals surface area contributed by atoms with Gasteiger partial charge in [0.15, 0.2) is 0 Å². The summed E-state index contributed by atoms with van der Waals surface area (Å²) in [6.45, 7) is 7.90. The van der Waals surface area contributed by atoms with Crippen molar-refractivity contribution in [2.24, 2.45) is 5.92 Å². The number of hydrogen-bond donors (Lipinski definition) is 1. The minimum atomic E-state index is 0.676. The molecular weight excluding hydrogens is 208 g/mol. The Bertz CT molecular complexity index is 362. The van der Waals surface area contributed by atoms with E-state index in [4.69, 9.17) is 0 Å². The summed E-state index contributed by atoms with van der Waals surface area (Å²) in [5.41, 5.74) is 2.78. The molecule has 1 N–H and O–H groups in total. The van der Waals surface area contributed by atoms with E-state index in [0.29, 0.717) is 6.04 Å². The highest BCUT2D eigenvalue weighted by molar-refractivity contribution is 5.22. The number of rotatable bonds is 4. The summed E-state index contributed by atoms with van der Waals surface area (Å²) in [4.78, 5) is 2.45. The second kappa shape index (κ2) is 5.65. The second-order valence-electron chi connectivity index (χ2n) is 5.48. The number of nitrogens with one attached hydrogen (secondary N) is 1. The van der Waals surface area contributed by atoms with E-state index in [2.05, 4.69) is 55.4 Å². The average molecular weight is 232 g/mol. The molecule has 1 aliphatic heterocycles. The van der Waals surface area contributed by atoms with Gasteiger partial charge < -0.3 is 10.2 Å². The van der Waals surface area contributed by atoms with E-state index in [-0.39, 0.29) is 0 Å². The fourth-order valence-electron chi connectivity index (χ4n) is 2.75. The maximum atomic E-state index is 3.52. The van der Waals surface area contributed by atoms with Gasteiger partial charge in [0.25, 0.3) is 0 Å². The van der Waals surface area contributed by atoms with E-state index in [1.54, 1.807) is 0 Å². The quantitative estimate of drug-likeness (QED) is 0.857. The monoisotopic (exact) mass is 232 g/mol. The Morgan fingerprint density at radius 3 is 2.88 bits per heavy atom.